The van der Waals surface area contributed by atoms with E-state index in [-0.39, 0.29) is 0 Å². The Bertz CT molecular complexity index is 549. The third-order valence-electron chi connectivity index (χ3n) is 2.62. The molecule has 0 amide bonds. The fourth-order valence-electron chi connectivity index (χ4n) is 1.78. The quantitative estimate of drug-likeness (QED) is 0.669. The second-order valence-corrected chi connectivity index (χ2v) is 5.55. The minimum atomic E-state index is 0.392. The average Bonchev–Trinajstić information content (AvgIpc) is 2.18. The van der Waals surface area contributed by atoms with Crippen molar-refractivity contribution < 1.29 is 0 Å². The third-order valence-corrected chi connectivity index (χ3v) is 3.53. The van der Waals surface area contributed by atoms with Gasteiger partial charge < -0.3 is 0 Å². The van der Waals surface area contributed by atoms with E-state index in [1.807, 2.05) is 0 Å². The lowest BCUT2D eigenvalue weighted by Crippen LogP contribution is -1.93. The van der Waals surface area contributed by atoms with Crippen molar-refractivity contribution in [2.75, 3.05) is 0 Å². The first-order valence-corrected chi connectivity index (χ1v) is 6.42. The molecule has 3 heteroatoms. The number of benzene rings is 1. The molecule has 1 nitrogen and oxygen atoms in total. The second-order valence-electron chi connectivity index (χ2n) is 4.34. The number of rotatable bonds is 1. The highest BCUT2D eigenvalue weighted by atomic mass is 79.9. The van der Waals surface area contributed by atoms with Gasteiger partial charge in [0.25, 0.3) is 0 Å². The number of aromatic nitrogens is 1. The number of aryl methyl sites for hydroxylation is 1. The van der Waals surface area contributed by atoms with E-state index in [1.54, 1.807) is 0 Å². The van der Waals surface area contributed by atoms with E-state index < -0.39 is 0 Å². The molecule has 0 fully saturated rings. The van der Waals surface area contributed by atoms with Gasteiger partial charge in [0.15, 0.2) is 0 Å². The fourth-order valence-corrected chi connectivity index (χ4v) is 2.82. The van der Waals surface area contributed by atoms with Gasteiger partial charge in [0, 0.05) is 9.86 Å². The minimum absolute atomic E-state index is 0.392. The fraction of sp³-hybridized carbons (Fsp3) is 0.308. The Morgan fingerprint density at radius 1 is 1.25 bits per heavy atom. The van der Waals surface area contributed by atoms with Gasteiger partial charge in [0.2, 0.25) is 0 Å². The second kappa shape index (κ2) is 4.34. The molecule has 0 spiro atoms. The van der Waals surface area contributed by atoms with Crippen molar-refractivity contribution in [1.29, 1.82) is 0 Å². The molecular formula is C13H13BrClN. The van der Waals surface area contributed by atoms with Crippen molar-refractivity contribution in [3.05, 3.63) is 39.0 Å². The van der Waals surface area contributed by atoms with Gasteiger partial charge in [0.1, 0.15) is 5.15 Å². The van der Waals surface area contributed by atoms with Gasteiger partial charge in [-0.15, -0.1) is 0 Å². The van der Waals surface area contributed by atoms with Crippen LogP contribution in [-0.2, 0) is 0 Å². The Morgan fingerprint density at radius 2 is 1.94 bits per heavy atom. The zero-order valence-corrected chi connectivity index (χ0v) is 11.9. The lowest BCUT2D eigenvalue weighted by atomic mass is 10.0. The minimum Gasteiger partial charge on any atom is -0.235 e. The smallest absolute Gasteiger partial charge is 0.133 e. The third kappa shape index (κ3) is 2.09. The first-order valence-electron chi connectivity index (χ1n) is 5.25. The molecule has 16 heavy (non-hydrogen) atoms. The summed E-state index contributed by atoms with van der Waals surface area (Å²) in [6.45, 7) is 6.33. The molecule has 1 heterocycles. The summed E-state index contributed by atoms with van der Waals surface area (Å²) in [6.07, 6.45) is 0. The van der Waals surface area contributed by atoms with Crippen molar-refractivity contribution in [3.63, 3.8) is 0 Å². The topological polar surface area (TPSA) is 12.9 Å². The van der Waals surface area contributed by atoms with E-state index in [2.05, 4.69) is 59.9 Å². The number of nitrogens with zero attached hydrogens (tertiary/aromatic N) is 1. The maximum Gasteiger partial charge on any atom is 0.133 e. The highest BCUT2D eigenvalue weighted by Gasteiger charge is 2.10. The maximum absolute atomic E-state index is 6.18. The van der Waals surface area contributed by atoms with Crippen molar-refractivity contribution in [2.45, 2.75) is 26.7 Å². The molecule has 0 aliphatic heterocycles. The molecule has 2 rings (SSSR count). The molecule has 1 aromatic heterocycles. The summed E-state index contributed by atoms with van der Waals surface area (Å²) in [5.41, 5.74) is 3.25. The molecule has 0 saturated carbocycles. The van der Waals surface area contributed by atoms with Crippen molar-refractivity contribution in [1.82, 2.24) is 4.98 Å². The van der Waals surface area contributed by atoms with E-state index in [0.717, 1.165) is 20.9 Å². The Hall–Kier alpha value is -0.600. The van der Waals surface area contributed by atoms with E-state index in [4.69, 9.17) is 11.6 Å². The SMILES string of the molecule is Cc1cc(Br)c2nc(Cl)c(C(C)C)cc2c1. The van der Waals surface area contributed by atoms with Crippen LogP contribution in [0, 0.1) is 6.92 Å². The van der Waals surface area contributed by atoms with Gasteiger partial charge in [-0.1, -0.05) is 25.4 Å². The Morgan fingerprint density at radius 3 is 2.56 bits per heavy atom. The molecule has 0 aliphatic carbocycles. The van der Waals surface area contributed by atoms with Crippen LogP contribution in [0.2, 0.25) is 5.15 Å². The molecule has 0 saturated heterocycles. The highest BCUT2D eigenvalue weighted by molar-refractivity contribution is 9.10. The molecular weight excluding hydrogens is 286 g/mol. The molecule has 0 aliphatic rings. The van der Waals surface area contributed by atoms with Crippen LogP contribution in [0.4, 0.5) is 0 Å². The molecule has 1 aromatic carbocycles. The average molecular weight is 299 g/mol. The predicted octanol–water partition coefficient (Wildman–Crippen LogP) is 5.08. The standard InChI is InChI=1S/C13H13BrClN/c1-7(2)10-6-9-4-8(3)5-11(14)12(9)16-13(10)15/h4-7H,1-3H3. The molecule has 84 valence electrons. The van der Waals surface area contributed by atoms with E-state index >= 15 is 0 Å². The Kier molecular flexibility index (Phi) is 3.22. The zero-order chi connectivity index (χ0) is 11.9. The number of hydrogen-bond acceptors (Lipinski definition) is 1. The predicted molar refractivity (Wildman–Crippen MR) is 73.3 cm³/mol. The van der Waals surface area contributed by atoms with Crippen LogP contribution in [0.25, 0.3) is 10.9 Å². The van der Waals surface area contributed by atoms with Gasteiger partial charge in [-0.3, -0.25) is 0 Å². The monoisotopic (exact) mass is 297 g/mol. The normalized spacial score (nSPS) is 11.4. The summed E-state index contributed by atoms with van der Waals surface area (Å²) >= 11 is 9.70. The number of hydrogen-bond donors (Lipinski definition) is 0. The highest BCUT2D eigenvalue weighted by Crippen LogP contribution is 2.30. The van der Waals surface area contributed by atoms with E-state index in [0.29, 0.717) is 11.1 Å². The van der Waals surface area contributed by atoms with Crippen LogP contribution in [0.1, 0.15) is 30.9 Å². The zero-order valence-electron chi connectivity index (χ0n) is 9.51. The molecule has 0 N–H and O–H groups in total. The lowest BCUT2D eigenvalue weighted by Gasteiger charge is -2.10. The summed E-state index contributed by atoms with van der Waals surface area (Å²) in [7, 11) is 0. The van der Waals surface area contributed by atoms with Crippen LogP contribution in [0.5, 0.6) is 0 Å². The number of pyridine rings is 1. The Labute approximate surface area is 109 Å². The van der Waals surface area contributed by atoms with E-state index in [1.165, 1.54) is 5.56 Å². The summed E-state index contributed by atoms with van der Waals surface area (Å²) in [5, 5.41) is 1.74. The molecule has 2 aromatic rings. The van der Waals surface area contributed by atoms with Crippen molar-refractivity contribution in [3.8, 4) is 0 Å². The van der Waals surface area contributed by atoms with Gasteiger partial charge in [-0.25, -0.2) is 4.98 Å². The summed E-state index contributed by atoms with van der Waals surface area (Å²) in [6, 6.07) is 6.32. The van der Waals surface area contributed by atoms with Crippen molar-refractivity contribution in [2.24, 2.45) is 0 Å². The molecule has 0 atom stereocenters. The number of halogens is 2. The summed E-state index contributed by atoms with van der Waals surface area (Å²) < 4.78 is 1.000. The van der Waals surface area contributed by atoms with Crippen LogP contribution in [-0.4, -0.2) is 4.98 Å². The van der Waals surface area contributed by atoms with Crippen LogP contribution in [0.3, 0.4) is 0 Å². The molecule has 0 radical (unpaired) electrons. The summed E-state index contributed by atoms with van der Waals surface area (Å²) in [5.74, 6) is 0.392. The largest absolute Gasteiger partial charge is 0.235 e. The van der Waals surface area contributed by atoms with Gasteiger partial charge in [-0.05, 0) is 58.1 Å². The first kappa shape index (κ1) is 11.9. The van der Waals surface area contributed by atoms with Gasteiger partial charge >= 0.3 is 0 Å². The maximum atomic E-state index is 6.18. The summed E-state index contributed by atoms with van der Waals surface area (Å²) in [4.78, 5) is 4.46. The molecule has 0 bridgehead atoms. The van der Waals surface area contributed by atoms with Crippen LogP contribution >= 0.6 is 27.5 Å². The van der Waals surface area contributed by atoms with Crippen LogP contribution < -0.4 is 0 Å². The van der Waals surface area contributed by atoms with Gasteiger partial charge in [-0.2, -0.15) is 0 Å². The number of fused-ring (bicyclic) bond motifs is 1. The lowest BCUT2D eigenvalue weighted by molar-refractivity contribution is 0.862. The van der Waals surface area contributed by atoms with Crippen molar-refractivity contribution >= 4 is 38.4 Å². The van der Waals surface area contributed by atoms with E-state index in [9.17, 15) is 0 Å². The Balaban J connectivity index is 2.79. The van der Waals surface area contributed by atoms with Gasteiger partial charge in [0.05, 0.1) is 5.52 Å². The van der Waals surface area contributed by atoms with Crippen LogP contribution in [0.15, 0.2) is 22.7 Å². The molecule has 0 unspecified atom stereocenters. The first-order chi connectivity index (χ1) is 7.49.